The largest absolute Gasteiger partial charge is 0.486 e. The minimum absolute atomic E-state index is 0.0637. The number of Topliss-reactive ketones (excluding diaryl/α,β-unsaturated/α-hetero) is 1. The highest BCUT2D eigenvalue weighted by Crippen LogP contribution is 2.41. The van der Waals surface area contributed by atoms with Gasteiger partial charge in [-0.25, -0.2) is 5.48 Å². The van der Waals surface area contributed by atoms with Crippen LogP contribution in [0.4, 0.5) is 0 Å². The Morgan fingerprint density at radius 3 is 1.75 bits per heavy atom. The van der Waals surface area contributed by atoms with Crippen LogP contribution in [0.2, 0.25) is 0 Å². The number of aryl methyl sites for hydroxylation is 2. The summed E-state index contributed by atoms with van der Waals surface area (Å²) in [5.41, 5.74) is 7.13. The Kier molecular flexibility index (Phi) is 10.5. The van der Waals surface area contributed by atoms with Crippen LogP contribution in [0, 0.1) is 19.3 Å². The molecule has 0 fully saturated rings. The second-order valence-corrected chi connectivity index (χ2v) is 11.3. The summed E-state index contributed by atoms with van der Waals surface area (Å²) in [6.45, 7) is 14.3. The molecule has 0 atom stereocenters. The van der Waals surface area contributed by atoms with Crippen LogP contribution in [0.15, 0.2) is 66.7 Å². The molecule has 6 nitrogen and oxygen atoms in total. The molecule has 0 aromatic heterocycles. The van der Waals surface area contributed by atoms with Gasteiger partial charge in [-0.1, -0.05) is 89.2 Å². The van der Waals surface area contributed by atoms with Gasteiger partial charge in [0, 0.05) is 10.8 Å². The van der Waals surface area contributed by atoms with E-state index in [1.807, 2.05) is 77.1 Å². The van der Waals surface area contributed by atoms with E-state index in [-0.39, 0.29) is 36.9 Å². The Labute approximate surface area is 239 Å². The molecule has 1 amide bonds. The molecule has 3 aromatic rings. The van der Waals surface area contributed by atoms with E-state index in [4.69, 9.17) is 14.3 Å². The van der Waals surface area contributed by atoms with Gasteiger partial charge in [0.1, 0.15) is 18.1 Å². The third-order valence-corrected chi connectivity index (χ3v) is 7.48. The summed E-state index contributed by atoms with van der Waals surface area (Å²) in [6.07, 6.45) is 1.82. The first-order valence-corrected chi connectivity index (χ1v) is 14.0. The molecule has 6 heteroatoms. The lowest BCUT2D eigenvalue weighted by Crippen LogP contribution is -2.29. The zero-order valence-corrected chi connectivity index (χ0v) is 24.9. The van der Waals surface area contributed by atoms with E-state index in [9.17, 15) is 9.59 Å². The van der Waals surface area contributed by atoms with Crippen molar-refractivity contribution in [3.8, 4) is 11.5 Å². The van der Waals surface area contributed by atoms with Crippen molar-refractivity contribution in [2.75, 3.05) is 13.2 Å². The van der Waals surface area contributed by atoms with Crippen LogP contribution in [0.25, 0.3) is 0 Å². The molecule has 40 heavy (non-hydrogen) atoms. The van der Waals surface area contributed by atoms with E-state index in [2.05, 4.69) is 43.6 Å². The van der Waals surface area contributed by atoms with Crippen molar-refractivity contribution >= 4 is 11.7 Å². The number of hydrogen-bond donors (Lipinski definition) is 1. The highest BCUT2D eigenvalue weighted by molar-refractivity contribution is 5.85. The average molecular weight is 546 g/mol. The first kappa shape index (κ1) is 30.9. The molecule has 0 saturated heterocycles. The fraction of sp³-hybridized carbons (Fsp3) is 0.412. The van der Waals surface area contributed by atoms with Crippen LogP contribution >= 0.6 is 0 Å². The van der Waals surface area contributed by atoms with Crippen molar-refractivity contribution < 1.29 is 23.9 Å². The number of ether oxygens (including phenoxy) is 2. The maximum absolute atomic E-state index is 12.3. The average Bonchev–Trinajstić information content (AvgIpc) is 2.93. The lowest BCUT2D eigenvalue weighted by atomic mass is 9.70. The van der Waals surface area contributed by atoms with Gasteiger partial charge in [-0.2, -0.15) is 0 Å². The number of nitrogens with one attached hydrogen (secondary N) is 1. The smallest absolute Gasteiger partial charge is 0.281 e. The van der Waals surface area contributed by atoms with E-state index in [1.54, 1.807) is 0 Å². The van der Waals surface area contributed by atoms with Crippen LogP contribution in [-0.4, -0.2) is 24.9 Å². The maximum Gasteiger partial charge on any atom is 0.281 e. The van der Waals surface area contributed by atoms with Crippen molar-refractivity contribution in [3.63, 3.8) is 0 Å². The van der Waals surface area contributed by atoms with Gasteiger partial charge < -0.3 is 9.47 Å². The molecule has 214 valence electrons. The van der Waals surface area contributed by atoms with Crippen LogP contribution < -0.4 is 15.0 Å². The predicted octanol–water partition coefficient (Wildman–Crippen LogP) is 7.03. The molecule has 0 saturated carbocycles. The molecule has 0 heterocycles. The first-order chi connectivity index (χ1) is 19.0. The Morgan fingerprint density at radius 2 is 1.27 bits per heavy atom. The van der Waals surface area contributed by atoms with Gasteiger partial charge in [0.25, 0.3) is 5.91 Å². The molecule has 0 bridgehead atoms. The summed E-state index contributed by atoms with van der Waals surface area (Å²) < 4.78 is 11.7. The lowest BCUT2D eigenvalue weighted by Gasteiger charge is -2.34. The Morgan fingerprint density at radius 1 is 0.750 bits per heavy atom. The molecule has 0 unspecified atom stereocenters. The maximum atomic E-state index is 12.3. The lowest BCUT2D eigenvalue weighted by molar-refractivity contribution is -0.136. The molecule has 3 aromatic carbocycles. The Hall–Kier alpha value is -3.64. The number of hydrogen-bond acceptors (Lipinski definition) is 5. The van der Waals surface area contributed by atoms with Crippen LogP contribution in [-0.2, 0) is 26.4 Å². The normalized spacial score (nSPS) is 11.7. The minimum atomic E-state index is -0.429. The zero-order chi connectivity index (χ0) is 29.3. The van der Waals surface area contributed by atoms with E-state index in [1.165, 1.54) is 11.1 Å². The molecular weight excluding hydrogens is 502 g/mol. The predicted molar refractivity (Wildman–Crippen MR) is 159 cm³/mol. The second kappa shape index (κ2) is 13.6. The molecule has 1 N–H and O–H groups in total. The highest BCUT2D eigenvalue weighted by atomic mass is 16.7. The van der Waals surface area contributed by atoms with Crippen LogP contribution in [0.1, 0.15) is 75.3 Å². The number of hydroxylamine groups is 1. The fourth-order valence-electron chi connectivity index (χ4n) is 4.76. The molecule has 0 aliphatic heterocycles. The molecule has 0 aliphatic carbocycles. The van der Waals surface area contributed by atoms with E-state index >= 15 is 0 Å². The van der Waals surface area contributed by atoms with E-state index in [0.29, 0.717) is 5.75 Å². The standard InChI is InChI=1S/C34H43NO5/c1-8-34(9-2,27-15-17-29(24(3)19-27)38-22-31(36)33(5,6)7)28-16-18-30(25(4)20-28)39-23-32(37)35-40-21-26-13-11-10-12-14-26/h10-20H,8-9,21-23H2,1-7H3,(H,35,37). The third-order valence-electron chi connectivity index (χ3n) is 7.48. The van der Waals surface area contributed by atoms with Gasteiger partial charge >= 0.3 is 0 Å². The van der Waals surface area contributed by atoms with Gasteiger partial charge in [-0.15, -0.1) is 0 Å². The molecule has 3 rings (SSSR count). The SMILES string of the molecule is CCC(CC)(c1ccc(OCC(=O)NOCc2ccccc2)c(C)c1)c1ccc(OCC(=O)C(C)(C)C)c(C)c1. The van der Waals surface area contributed by atoms with Crippen molar-refractivity contribution in [3.05, 3.63) is 94.5 Å². The van der Waals surface area contributed by atoms with Crippen LogP contribution in [0.5, 0.6) is 11.5 Å². The number of ketones is 1. The van der Waals surface area contributed by atoms with Gasteiger partial charge in [-0.3, -0.25) is 14.4 Å². The van der Waals surface area contributed by atoms with Gasteiger partial charge in [0.05, 0.1) is 6.61 Å². The highest BCUT2D eigenvalue weighted by Gasteiger charge is 2.32. The summed E-state index contributed by atoms with van der Waals surface area (Å²) in [6, 6.07) is 22.1. The molecular formula is C34H43NO5. The van der Waals surface area contributed by atoms with E-state index < -0.39 is 5.41 Å². The third kappa shape index (κ3) is 7.72. The fourth-order valence-corrected chi connectivity index (χ4v) is 4.76. The molecule has 0 aliphatic rings. The van der Waals surface area contributed by atoms with Crippen molar-refractivity contribution in [1.29, 1.82) is 0 Å². The van der Waals surface area contributed by atoms with Gasteiger partial charge in [0.15, 0.2) is 12.4 Å². The summed E-state index contributed by atoms with van der Waals surface area (Å²) in [7, 11) is 0. The molecule has 0 radical (unpaired) electrons. The van der Waals surface area contributed by atoms with E-state index in [0.717, 1.165) is 35.3 Å². The number of carbonyl (C=O) groups excluding carboxylic acids is 2. The topological polar surface area (TPSA) is 73.9 Å². The van der Waals surface area contributed by atoms with Crippen molar-refractivity contribution in [1.82, 2.24) is 5.48 Å². The first-order valence-electron chi connectivity index (χ1n) is 14.0. The zero-order valence-electron chi connectivity index (χ0n) is 24.9. The summed E-state index contributed by atoms with van der Waals surface area (Å²) in [5, 5.41) is 0. The number of carbonyl (C=O) groups is 2. The minimum Gasteiger partial charge on any atom is -0.486 e. The molecule has 0 spiro atoms. The van der Waals surface area contributed by atoms with Gasteiger partial charge in [0.2, 0.25) is 0 Å². The number of rotatable bonds is 13. The van der Waals surface area contributed by atoms with Crippen molar-refractivity contribution in [2.24, 2.45) is 5.41 Å². The summed E-state index contributed by atoms with van der Waals surface area (Å²) >= 11 is 0. The van der Waals surface area contributed by atoms with Gasteiger partial charge in [-0.05, 0) is 66.6 Å². The van der Waals surface area contributed by atoms with Crippen molar-refractivity contribution in [2.45, 2.75) is 73.3 Å². The monoisotopic (exact) mass is 545 g/mol. The Balaban J connectivity index is 1.68. The second-order valence-electron chi connectivity index (χ2n) is 11.3. The summed E-state index contributed by atoms with van der Waals surface area (Å²) in [4.78, 5) is 29.9. The summed E-state index contributed by atoms with van der Waals surface area (Å²) in [5.74, 6) is 1.11. The number of amides is 1. The number of benzene rings is 3. The van der Waals surface area contributed by atoms with Crippen LogP contribution in [0.3, 0.4) is 0 Å². The Bertz CT molecular complexity index is 1290. The quantitative estimate of drug-likeness (QED) is 0.233.